The van der Waals surface area contributed by atoms with Gasteiger partial charge in [-0.15, -0.1) is 0 Å². The number of carbonyl (C=O) groups excluding carboxylic acids is 1. The lowest BCUT2D eigenvalue weighted by Gasteiger charge is -2.41. The zero-order valence-electron chi connectivity index (χ0n) is 20.6. The van der Waals surface area contributed by atoms with E-state index in [1.807, 2.05) is 6.92 Å². The Balaban J connectivity index is 1.52. The van der Waals surface area contributed by atoms with Crippen LogP contribution in [0.3, 0.4) is 0 Å². The highest BCUT2D eigenvalue weighted by atomic mass is 32.2. The molecule has 10 nitrogen and oxygen atoms in total. The molecular weight excluding hydrogens is 480 g/mol. The zero-order chi connectivity index (χ0) is 25.3. The van der Waals surface area contributed by atoms with Crippen molar-refractivity contribution in [3.63, 3.8) is 0 Å². The second-order valence-electron chi connectivity index (χ2n) is 10.2. The number of aryl methyl sites for hydroxylation is 1. The van der Waals surface area contributed by atoms with Crippen LogP contribution in [0.15, 0.2) is 24.3 Å². The van der Waals surface area contributed by atoms with E-state index in [2.05, 4.69) is 30.2 Å². The fraction of sp³-hybridized carbons (Fsp3) is 0.560. The van der Waals surface area contributed by atoms with Crippen LogP contribution in [0.2, 0.25) is 0 Å². The van der Waals surface area contributed by atoms with Crippen LogP contribution in [0.1, 0.15) is 54.6 Å². The summed E-state index contributed by atoms with van der Waals surface area (Å²) in [6.07, 6.45) is 6.81. The van der Waals surface area contributed by atoms with E-state index in [-0.39, 0.29) is 11.7 Å². The molecule has 0 radical (unpaired) electrons. The topological polar surface area (TPSA) is 137 Å². The number of benzene rings is 1. The molecule has 1 spiro atoms. The van der Waals surface area contributed by atoms with E-state index >= 15 is 0 Å². The van der Waals surface area contributed by atoms with Crippen molar-refractivity contribution in [1.82, 2.24) is 9.97 Å². The molecule has 11 heteroatoms. The Morgan fingerprint density at radius 3 is 2.81 bits per heavy atom. The number of aliphatic hydroxyl groups excluding tert-OH is 1. The summed E-state index contributed by atoms with van der Waals surface area (Å²) < 4.78 is 27.1. The van der Waals surface area contributed by atoms with Crippen molar-refractivity contribution >= 4 is 39.1 Å². The van der Waals surface area contributed by atoms with Crippen molar-refractivity contribution in [3.05, 3.63) is 35.5 Å². The van der Waals surface area contributed by atoms with Crippen LogP contribution in [-0.4, -0.2) is 61.4 Å². The normalized spacial score (nSPS) is 21.4. The molecule has 1 aromatic carbocycles. The highest BCUT2D eigenvalue weighted by Crippen LogP contribution is 2.58. The number of hydrogen-bond donors (Lipinski definition) is 4. The molecule has 1 atom stereocenters. The summed E-state index contributed by atoms with van der Waals surface area (Å²) in [5, 5.41) is 15.3. The maximum absolute atomic E-state index is 13.5. The summed E-state index contributed by atoms with van der Waals surface area (Å²) in [5.41, 5.74) is 2.70. The molecule has 3 heterocycles. The van der Waals surface area contributed by atoms with E-state index < -0.39 is 16.6 Å². The summed E-state index contributed by atoms with van der Waals surface area (Å²) in [6.45, 7) is 3.83. The Bertz CT molecular complexity index is 1250. The van der Waals surface area contributed by atoms with E-state index in [0.29, 0.717) is 40.0 Å². The monoisotopic (exact) mass is 514 g/mol. The lowest BCUT2D eigenvalue weighted by atomic mass is 9.79. The predicted molar refractivity (Wildman–Crippen MR) is 140 cm³/mol. The van der Waals surface area contributed by atoms with Gasteiger partial charge in [0.2, 0.25) is 16.0 Å². The Hall–Kier alpha value is -2.92. The zero-order valence-corrected chi connectivity index (χ0v) is 21.4. The Labute approximate surface area is 212 Å². The summed E-state index contributed by atoms with van der Waals surface area (Å²) in [6, 6.07) is 6.71. The second kappa shape index (κ2) is 9.85. The third-order valence-corrected chi connectivity index (χ3v) is 8.92. The van der Waals surface area contributed by atoms with Gasteiger partial charge < -0.3 is 20.6 Å². The first kappa shape index (κ1) is 24.8. The first-order valence-corrected chi connectivity index (χ1v) is 14.3. The maximum Gasteiger partial charge on any atom is 0.258 e. The highest BCUT2D eigenvalue weighted by molar-refractivity contribution is 7.92. The van der Waals surface area contributed by atoms with Gasteiger partial charge in [-0.3, -0.25) is 9.52 Å². The molecule has 2 aromatic rings. The van der Waals surface area contributed by atoms with Crippen LogP contribution in [-0.2, 0) is 10.0 Å². The van der Waals surface area contributed by atoms with Crippen LogP contribution in [0.25, 0.3) is 0 Å². The lowest BCUT2D eigenvalue weighted by molar-refractivity contribution is 0.102. The number of nitrogens with zero attached hydrogens (tertiary/aromatic N) is 3. The number of hydrogen-bond acceptors (Lipinski definition) is 8. The second-order valence-corrected chi connectivity index (χ2v) is 12.1. The van der Waals surface area contributed by atoms with Crippen molar-refractivity contribution in [2.24, 2.45) is 11.3 Å². The van der Waals surface area contributed by atoms with Gasteiger partial charge in [-0.05, 0) is 68.6 Å². The van der Waals surface area contributed by atoms with Gasteiger partial charge in [0, 0.05) is 31.4 Å². The third kappa shape index (κ3) is 5.41. The average Bonchev–Trinajstić information content (AvgIpc) is 3.59. The number of amides is 1. The van der Waals surface area contributed by atoms with E-state index in [4.69, 9.17) is 5.11 Å². The number of rotatable bonds is 4. The summed E-state index contributed by atoms with van der Waals surface area (Å²) in [4.78, 5) is 24.6. The molecule has 4 N–H and O–H groups in total. The standard InChI is InChI=1S/C25H34N6O4S/c1-17-14-22-28-23(33)20-6-5-19(30-36(34,35)13-12-32)15-21(20)31-11-9-25(7-8-25)18(16-31)4-2-3-10-26-24(27-17)29-22/h5-6,14-15,18,30,32H,2-4,7-13,16H2,1H3,(H2,26,27,28,29,33)/t18-/m1/s1. The number of sulfonamides is 1. The van der Waals surface area contributed by atoms with Crippen molar-refractivity contribution in [2.45, 2.75) is 45.4 Å². The first-order chi connectivity index (χ1) is 17.3. The van der Waals surface area contributed by atoms with Crippen LogP contribution in [0, 0.1) is 18.3 Å². The molecule has 36 heavy (non-hydrogen) atoms. The molecule has 1 amide bonds. The Morgan fingerprint density at radius 2 is 2.03 bits per heavy atom. The average molecular weight is 515 g/mol. The molecule has 2 fully saturated rings. The van der Waals surface area contributed by atoms with E-state index in [1.54, 1.807) is 24.3 Å². The van der Waals surface area contributed by atoms with Crippen LogP contribution in [0.4, 0.5) is 23.1 Å². The number of anilines is 4. The summed E-state index contributed by atoms with van der Waals surface area (Å²) in [5.74, 6) is 0.744. The minimum absolute atomic E-state index is 0.308. The van der Waals surface area contributed by atoms with Gasteiger partial charge in [0.15, 0.2) is 0 Å². The number of fused-ring (bicyclic) bond motifs is 7. The minimum atomic E-state index is -3.69. The molecular formula is C25H34N6O4S. The van der Waals surface area contributed by atoms with Crippen molar-refractivity contribution in [2.75, 3.05) is 52.2 Å². The van der Waals surface area contributed by atoms with Gasteiger partial charge >= 0.3 is 0 Å². The molecule has 2 aliphatic heterocycles. The summed E-state index contributed by atoms with van der Waals surface area (Å²) in [7, 11) is -3.69. The molecule has 194 valence electrons. The number of aliphatic hydroxyl groups is 1. The fourth-order valence-electron chi connectivity index (χ4n) is 5.56. The molecule has 3 aliphatic rings. The molecule has 4 bridgehead atoms. The fourth-order valence-corrected chi connectivity index (χ4v) is 6.39. The molecule has 5 rings (SSSR count). The van der Waals surface area contributed by atoms with Gasteiger partial charge in [-0.1, -0.05) is 6.42 Å². The van der Waals surface area contributed by atoms with Crippen molar-refractivity contribution in [3.8, 4) is 0 Å². The molecule has 1 saturated heterocycles. The van der Waals surface area contributed by atoms with E-state index in [0.717, 1.165) is 51.0 Å². The number of aromatic nitrogens is 2. The van der Waals surface area contributed by atoms with Gasteiger partial charge in [0.1, 0.15) is 5.82 Å². The number of piperidine rings is 1. The third-order valence-electron chi connectivity index (χ3n) is 7.65. The largest absolute Gasteiger partial charge is 0.395 e. The maximum atomic E-state index is 13.5. The van der Waals surface area contributed by atoms with Crippen LogP contribution < -0.4 is 20.3 Å². The molecule has 1 aromatic heterocycles. The molecule has 1 aliphatic carbocycles. The SMILES string of the molecule is Cc1cc2nc(n1)NCCCC[C@@H]1CN(CCC13CC3)c1cc(NS(=O)(=O)CCO)ccc1C(=O)N2. The van der Waals surface area contributed by atoms with Crippen LogP contribution in [0.5, 0.6) is 0 Å². The van der Waals surface area contributed by atoms with Crippen molar-refractivity contribution in [1.29, 1.82) is 0 Å². The number of carbonyl (C=O) groups is 1. The summed E-state index contributed by atoms with van der Waals surface area (Å²) >= 11 is 0. The quantitative estimate of drug-likeness (QED) is 0.489. The van der Waals surface area contributed by atoms with E-state index in [9.17, 15) is 13.2 Å². The van der Waals surface area contributed by atoms with Crippen molar-refractivity contribution < 1.29 is 18.3 Å². The lowest BCUT2D eigenvalue weighted by Crippen LogP contribution is -2.42. The van der Waals surface area contributed by atoms with Gasteiger partial charge in [0.25, 0.3) is 5.91 Å². The molecule has 0 unspecified atom stereocenters. The number of nitrogens with one attached hydrogen (secondary N) is 3. The van der Waals surface area contributed by atoms with Crippen LogP contribution >= 0.6 is 0 Å². The van der Waals surface area contributed by atoms with Gasteiger partial charge in [0.05, 0.1) is 29.3 Å². The highest BCUT2D eigenvalue weighted by Gasteiger charge is 2.51. The van der Waals surface area contributed by atoms with Gasteiger partial charge in [-0.25, -0.2) is 13.4 Å². The molecule has 1 saturated carbocycles. The smallest absolute Gasteiger partial charge is 0.258 e. The Kier molecular flexibility index (Phi) is 6.78. The first-order valence-electron chi connectivity index (χ1n) is 12.7. The Morgan fingerprint density at radius 1 is 1.19 bits per heavy atom. The van der Waals surface area contributed by atoms with E-state index in [1.165, 1.54) is 12.8 Å². The minimum Gasteiger partial charge on any atom is -0.395 e. The predicted octanol–water partition coefficient (Wildman–Crippen LogP) is 2.97. The van der Waals surface area contributed by atoms with Gasteiger partial charge in [-0.2, -0.15) is 4.98 Å².